The summed E-state index contributed by atoms with van der Waals surface area (Å²) < 4.78 is 6.52. The molecule has 0 bridgehead atoms. The molecule has 0 N–H and O–H groups in total. The Morgan fingerprint density at radius 3 is 3.25 bits per heavy atom. The van der Waals surface area contributed by atoms with Crippen molar-refractivity contribution in [3.05, 3.63) is 29.0 Å². The third-order valence-corrected chi connectivity index (χ3v) is 1.80. The lowest BCUT2D eigenvalue weighted by Gasteiger charge is -1.97. The SMILES string of the molecule is CCn1ccc2ncoc2c1=O. The van der Waals surface area contributed by atoms with Crippen LogP contribution in [0.1, 0.15) is 6.92 Å². The van der Waals surface area contributed by atoms with Crippen LogP contribution in [-0.2, 0) is 6.54 Å². The number of oxazole rings is 1. The van der Waals surface area contributed by atoms with Gasteiger partial charge in [0.15, 0.2) is 6.39 Å². The first-order valence-corrected chi connectivity index (χ1v) is 3.75. The van der Waals surface area contributed by atoms with Crippen molar-refractivity contribution >= 4 is 11.1 Å². The van der Waals surface area contributed by atoms with Gasteiger partial charge in [-0.05, 0) is 13.0 Å². The van der Waals surface area contributed by atoms with E-state index in [1.165, 1.54) is 6.39 Å². The maximum Gasteiger partial charge on any atom is 0.295 e. The Morgan fingerprint density at radius 2 is 2.50 bits per heavy atom. The quantitative estimate of drug-likeness (QED) is 0.632. The van der Waals surface area contributed by atoms with Gasteiger partial charge in [0.2, 0.25) is 5.58 Å². The maximum atomic E-state index is 11.4. The van der Waals surface area contributed by atoms with E-state index in [0.29, 0.717) is 17.6 Å². The zero-order valence-corrected chi connectivity index (χ0v) is 6.65. The largest absolute Gasteiger partial charge is 0.438 e. The van der Waals surface area contributed by atoms with Gasteiger partial charge in [-0.3, -0.25) is 4.79 Å². The number of hydrogen-bond acceptors (Lipinski definition) is 3. The lowest BCUT2D eigenvalue weighted by atomic mass is 10.4. The molecule has 4 nitrogen and oxygen atoms in total. The van der Waals surface area contributed by atoms with E-state index in [1.54, 1.807) is 16.8 Å². The Kier molecular flexibility index (Phi) is 1.46. The van der Waals surface area contributed by atoms with E-state index in [0.717, 1.165) is 0 Å². The van der Waals surface area contributed by atoms with Crippen LogP contribution < -0.4 is 5.56 Å². The molecule has 0 fully saturated rings. The number of aryl methyl sites for hydroxylation is 1. The third kappa shape index (κ3) is 0.845. The summed E-state index contributed by atoms with van der Waals surface area (Å²) in [6, 6.07) is 1.77. The van der Waals surface area contributed by atoms with Gasteiger partial charge in [0.1, 0.15) is 5.52 Å². The van der Waals surface area contributed by atoms with Crippen LogP contribution in [0.15, 0.2) is 27.9 Å². The van der Waals surface area contributed by atoms with Gasteiger partial charge in [0.05, 0.1) is 0 Å². The Balaban J connectivity index is 2.88. The fraction of sp³-hybridized carbons (Fsp3) is 0.250. The van der Waals surface area contributed by atoms with Gasteiger partial charge >= 0.3 is 0 Å². The molecule has 2 aromatic heterocycles. The summed E-state index contributed by atoms with van der Waals surface area (Å²) >= 11 is 0. The van der Waals surface area contributed by atoms with Crippen molar-refractivity contribution in [2.75, 3.05) is 0 Å². The minimum atomic E-state index is -0.118. The predicted octanol–water partition coefficient (Wildman–Crippen LogP) is 1.01. The molecule has 4 heteroatoms. The Morgan fingerprint density at radius 1 is 1.67 bits per heavy atom. The first-order valence-electron chi connectivity index (χ1n) is 3.75. The van der Waals surface area contributed by atoms with Crippen LogP contribution in [-0.4, -0.2) is 9.55 Å². The summed E-state index contributed by atoms with van der Waals surface area (Å²) in [5.74, 6) is 0. The molecule has 0 aliphatic carbocycles. The second-order valence-corrected chi connectivity index (χ2v) is 2.47. The van der Waals surface area contributed by atoms with Gasteiger partial charge in [-0.25, -0.2) is 4.98 Å². The van der Waals surface area contributed by atoms with Crippen molar-refractivity contribution in [3.8, 4) is 0 Å². The normalized spacial score (nSPS) is 10.8. The minimum absolute atomic E-state index is 0.118. The Bertz CT molecular complexity index is 455. The van der Waals surface area contributed by atoms with Crippen LogP contribution in [0.5, 0.6) is 0 Å². The average Bonchev–Trinajstić information content (AvgIpc) is 2.53. The molecule has 0 radical (unpaired) electrons. The molecule has 0 aliphatic heterocycles. The van der Waals surface area contributed by atoms with E-state index in [2.05, 4.69) is 4.98 Å². The average molecular weight is 164 g/mol. The first-order chi connectivity index (χ1) is 5.83. The summed E-state index contributed by atoms with van der Waals surface area (Å²) in [6.07, 6.45) is 3.00. The topological polar surface area (TPSA) is 48.0 Å². The van der Waals surface area contributed by atoms with Crippen LogP contribution in [0.2, 0.25) is 0 Å². The lowest BCUT2D eigenvalue weighted by molar-refractivity contribution is 0.589. The molecule has 0 spiro atoms. The fourth-order valence-corrected chi connectivity index (χ4v) is 1.14. The van der Waals surface area contributed by atoms with E-state index in [1.807, 2.05) is 6.92 Å². The Labute approximate surface area is 68.4 Å². The second kappa shape index (κ2) is 2.48. The third-order valence-electron chi connectivity index (χ3n) is 1.80. The molecule has 0 atom stereocenters. The van der Waals surface area contributed by atoms with E-state index in [9.17, 15) is 4.79 Å². The van der Waals surface area contributed by atoms with Gasteiger partial charge in [0, 0.05) is 12.7 Å². The monoisotopic (exact) mass is 164 g/mol. The van der Waals surface area contributed by atoms with Gasteiger partial charge < -0.3 is 8.98 Å². The fourth-order valence-electron chi connectivity index (χ4n) is 1.14. The summed E-state index contributed by atoms with van der Waals surface area (Å²) in [7, 11) is 0. The van der Waals surface area contributed by atoms with Crippen molar-refractivity contribution in [1.82, 2.24) is 9.55 Å². The van der Waals surface area contributed by atoms with Gasteiger partial charge in [-0.15, -0.1) is 0 Å². The minimum Gasteiger partial charge on any atom is -0.438 e. The van der Waals surface area contributed by atoms with E-state index >= 15 is 0 Å². The smallest absolute Gasteiger partial charge is 0.295 e. The van der Waals surface area contributed by atoms with Crippen molar-refractivity contribution in [2.24, 2.45) is 0 Å². The number of fused-ring (bicyclic) bond motifs is 1. The van der Waals surface area contributed by atoms with Gasteiger partial charge in [-0.2, -0.15) is 0 Å². The summed E-state index contributed by atoms with van der Waals surface area (Å²) in [5, 5.41) is 0. The molecule has 0 unspecified atom stereocenters. The highest BCUT2D eigenvalue weighted by Crippen LogP contribution is 2.04. The molecule has 0 amide bonds. The van der Waals surface area contributed by atoms with E-state index in [-0.39, 0.29) is 5.56 Å². The second-order valence-electron chi connectivity index (χ2n) is 2.47. The molecule has 62 valence electrons. The molecule has 0 aromatic carbocycles. The Hall–Kier alpha value is -1.58. The van der Waals surface area contributed by atoms with Crippen LogP contribution in [0.4, 0.5) is 0 Å². The number of rotatable bonds is 1. The standard InChI is InChI=1S/C8H8N2O2/c1-2-10-4-3-6-7(8(10)11)12-5-9-6/h3-5H,2H2,1H3. The van der Waals surface area contributed by atoms with E-state index in [4.69, 9.17) is 4.42 Å². The van der Waals surface area contributed by atoms with Crippen LogP contribution in [0, 0.1) is 0 Å². The van der Waals surface area contributed by atoms with Crippen molar-refractivity contribution in [3.63, 3.8) is 0 Å². The van der Waals surface area contributed by atoms with Gasteiger partial charge in [-0.1, -0.05) is 0 Å². The molecular formula is C8H8N2O2. The molecule has 2 heterocycles. The highest BCUT2D eigenvalue weighted by molar-refractivity contribution is 5.70. The van der Waals surface area contributed by atoms with E-state index < -0.39 is 0 Å². The first kappa shape index (κ1) is 7.09. The van der Waals surface area contributed by atoms with Crippen LogP contribution in [0.25, 0.3) is 11.1 Å². The van der Waals surface area contributed by atoms with Crippen LogP contribution in [0.3, 0.4) is 0 Å². The zero-order chi connectivity index (χ0) is 8.55. The summed E-state index contributed by atoms with van der Waals surface area (Å²) in [5.41, 5.74) is 0.830. The summed E-state index contributed by atoms with van der Waals surface area (Å²) in [6.45, 7) is 2.55. The highest BCUT2D eigenvalue weighted by Gasteiger charge is 2.04. The zero-order valence-electron chi connectivity index (χ0n) is 6.65. The molecule has 12 heavy (non-hydrogen) atoms. The summed E-state index contributed by atoms with van der Waals surface area (Å²) in [4.78, 5) is 15.3. The van der Waals surface area contributed by atoms with Crippen molar-refractivity contribution < 1.29 is 4.42 Å². The van der Waals surface area contributed by atoms with Crippen LogP contribution >= 0.6 is 0 Å². The molecule has 0 saturated heterocycles. The molecule has 0 aliphatic rings. The highest BCUT2D eigenvalue weighted by atomic mass is 16.3. The number of pyridine rings is 1. The molecule has 0 saturated carbocycles. The molecule has 2 aromatic rings. The van der Waals surface area contributed by atoms with Crippen molar-refractivity contribution in [1.29, 1.82) is 0 Å². The van der Waals surface area contributed by atoms with Crippen molar-refractivity contribution in [2.45, 2.75) is 13.5 Å². The molecule has 2 rings (SSSR count). The number of nitrogens with zero attached hydrogens (tertiary/aromatic N) is 2. The number of hydrogen-bond donors (Lipinski definition) is 0. The lowest BCUT2D eigenvalue weighted by Crippen LogP contribution is -2.17. The molecular weight excluding hydrogens is 156 g/mol. The maximum absolute atomic E-state index is 11.4. The number of aromatic nitrogens is 2. The predicted molar refractivity (Wildman–Crippen MR) is 43.9 cm³/mol. The van der Waals surface area contributed by atoms with Gasteiger partial charge in [0.25, 0.3) is 5.56 Å².